The number of fused-ring (bicyclic) bond motifs is 1. The molecule has 0 unspecified atom stereocenters. The maximum absolute atomic E-state index is 12.3. The van der Waals surface area contributed by atoms with Gasteiger partial charge < -0.3 is 10.3 Å². The van der Waals surface area contributed by atoms with E-state index in [4.69, 9.17) is 0 Å². The highest BCUT2D eigenvalue weighted by Gasteiger charge is 2.13. The van der Waals surface area contributed by atoms with Gasteiger partial charge in [0.1, 0.15) is 10.7 Å². The van der Waals surface area contributed by atoms with E-state index >= 15 is 0 Å². The second kappa shape index (κ2) is 8.57. The zero-order valence-corrected chi connectivity index (χ0v) is 18.9. The van der Waals surface area contributed by atoms with Crippen LogP contribution in [0.25, 0.3) is 10.2 Å². The number of benzene rings is 1. The first-order chi connectivity index (χ1) is 14.1. The molecule has 160 valence electrons. The summed E-state index contributed by atoms with van der Waals surface area (Å²) < 4.78 is 25.9. The first-order valence-electron chi connectivity index (χ1n) is 9.49. The summed E-state index contributed by atoms with van der Waals surface area (Å²) in [5.74, 6) is 0.235. The molecule has 0 aliphatic carbocycles. The molecule has 0 saturated carbocycles. The highest BCUT2D eigenvalue weighted by Crippen LogP contribution is 2.26. The fourth-order valence-electron chi connectivity index (χ4n) is 2.97. The van der Waals surface area contributed by atoms with Crippen molar-refractivity contribution >= 4 is 48.9 Å². The summed E-state index contributed by atoms with van der Waals surface area (Å²) in [5.41, 5.74) is 2.50. The van der Waals surface area contributed by atoms with Crippen LogP contribution in [0.15, 0.2) is 23.0 Å². The van der Waals surface area contributed by atoms with Crippen LogP contribution in [0, 0.1) is 20.8 Å². The first-order valence-corrected chi connectivity index (χ1v) is 12.0. The van der Waals surface area contributed by atoms with E-state index in [1.807, 2.05) is 13.8 Å². The summed E-state index contributed by atoms with van der Waals surface area (Å²) in [6, 6.07) is 4.96. The number of nitrogens with one attached hydrogen (secondary N) is 3. The van der Waals surface area contributed by atoms with Crippen molar-refractivity contribution in [3.05, 3.63) is 50.4 Å². The number of rotatable bonds is 7. The van der Waals surface area contributed by atoms with E-state index in [1.54, 1.807) is 32.0 Å². The molecule has 0 atom stereocenters. The Kier molecular flexibility index (Phi) is 6.27. The molecule has 3 rings (SSSR count). The Bertz CT molecular complexity index is 1280. The molecule has 3 N–H and O–H groups in total. The van der Waals surface area contributed by atoms with E-state index in [0.717, 1.165) is 10.4 Å². The molecule has 0 aliphatic heterocycles. The molecule has 2 heterocycles. The van der Waals surface area contributed by atoms with Gasteiger partial charge in [-0.15, -0.1) is 11.3 Å². The lowest BCUT2D eigenvalue weighted by Crippen LogP contribution is -2.17. The molecule has 8 nitrogen and oxygen atoms in total. The molecule has 1 amide bonds. The Morgan fingerprint density at radius 3 is 2.63 bits per heavy atom. The lowest BCUT2D eigenvalue weighted by atomic mass is 10.2. The fraction of sp³-hybridized carbons (Fsp3) is 0.350. The van der Waals surface area contributed by atoms with Gasteiger partial charge >= 0.3 is 0 Å². The molecule has 3 aromatic rings. The van der Waals surface area contributed by atoms with E-state index in [1.165, 1.54) is 11.3 Å². The second-order valence-corrected chi connectivity index (χ2v) is 10.3. The van der Waals surface area contributed by atoms with Crippen molar-refractivity contribution in [3.8, 4) is 0 Å². The van der Waals surface area contributed by atoms with Crippen LogP contribution in [0.5, 0.6) is 0 Å². The van der Waals surface area contributed by atoms with Crippen molar-refractivity contribution in [2.24, 2.45) is 0 Å². The monoisotopic (exact) mass is 448 g/mol. The molecular formula is C20H24N4O4S2. The van der Waals surface area contributed by atoms with E-state index < -0.39 is 10.0 Å². The third-order valence-electron chi connectivity index (χ3n) is 4.83. The highest BCUT2D eigenvalue weighted by molar-refractivity contribution is 7.92. The number of hydrogen-bond donors (Lipinski definition) is 3. The van der Waals surface area contributed by atoms with E-state index in [-0.39, 0.29) is 23.6 Å². The average Bonchev–Trinajstić information content (AvgIpc) is 2.96. The smallest absolute Gasteiger partial charge is 0.259 e. The number of carbonyl (C=O) groups excluding carboxylic acids is 1. The van der Waals surface area contributed by atoms with Gasteiger partial charge in [0.25, 0.3) is 5.56 Å². The first kappa shape index (κ1) is 22.0. The number of H-pyrrole nitrogens is 1. The van der Waals surface area contributed by atoms with Gasteiger partial charge in [0, 0.05) is 23.4 Å². The largest absolute Gasteiger partial charge is 0.326 e. The van der Waals surface area contributed by atoms with Gasteiger partial charge in [-0.3, -0.25) is 14.3 Å². The van der Waals surface area contributed by atoms with Crippen LogP contribution in [0.2, 0.25) is 0 Å². The molecule has 30 heavy (non-hydrogen) atoms. The fourth-order valence-corrected chi connectivity index (χ4v) is 4.73. The second-order valence-electron chi connectivity index (χ2n) is 7.06. The molecule has 0 aliphatic rings. The van der Waals surface area contributed by atoms with Crippen LogP contribution in [0.3, 0.4) is 0 Å². The summed E-state index contributed by atoms with van der Waals surface area (Å²) in [5, 5.41) is 3.40. The van der Waals surface area contributed by atoms with Gasteiger partial charge in [-0.2, -0.15) is 0 Å². The molecule has 1 aromatic carbocycles. The van der Waals surface area contributed by atoms with Gasteiger partial charge in [0.05, 0.1) is 16.8 Å². The van der Waals surface area contributed by atoms with Gasteiger partial charge in [-0.25, -0.2) is 13.4 Å². The Hall–Kier alpha value is -2.72. The number of nitrogens with zero attached hydrogens (tertiary/aromatic N) is 1. The van der Waals surface area contributed by atoms with Crippen LogP contribution in [0.1, 0.15) is 35.2 Å². The molecule has 10 heteroatoms. The Morgan fingerprint density at radius 1 is 1.23 bits per heavy atom. The number of aryl methyl sites for hydroxylation is 4. The number of carbonyl (C=O) groups is 1. The summed E-state index contributed by atoms with van der Waals surface area (Å²) in [6.07, 6.45) is 0.460. The SMILES string of the molecule is CCS(=O)(=O)Nc1ccc(NC(=O)CCc2nc3sc(C)c(C)c3c(=O)[nH]2)cc1C. The van der Waals surface area contributed by atoms with E-state index in [2.05, 4.69) is 20.0 Å². The molecule has 0 radical (unpaired) electrons. The lowest BCUT2D eigenvalue weighted by Gasteiger charge is -2.11. The molecule has 2 aromatic heterocycles. The maximum atomic E-state index is 12.3. The minimum atomic E-state index is -3.36. The molecule has 0 fully saturated rings. The Balaban J connectivity index is 1.66. The lowest BCUT2D eigenvalue weighted by molar-refractivity contribution is -0.116. The number of thiophene rings is 1. The van der Waals surface area contributed by atoms with Crippen LogP contribution >= 0.6 is 11.3 Å². The molecule has 0 bridgehead atoms. The summed E-state index contributed by atoms with van der Waals surface area (Å²) in [7, 11) is -3.36. The van der Waals surface area contributed by atoms with E-state index in [0.29, 0.717) is 39.4 Å². The molecular weight excluding hydrogens is 424 g/mol. The number of sulfonamides is 1. The summed E-state index contributed by atoms with van der Waals surface area (Å²) in [6.45, 7) is 7.18. The van der Waals surface area contributed by atoms with Crippen LogP contribution < -0.4 is 15.6 Å². The third-order valence-corrected chi connectivity index (χ3v) is 7.22. The zero-order chi connectivity index (χ0) is 22.1. The molecule has 0 saturated heterocycles. The topological polar surface area (TPSA) is 121 Å². The van der Waals surface area contributed by atoms with Crippen LogP contribution in [0.4, 0.5) is 11.4 Å². The quantitative estimate of drug-likeness (QED) is 0.512. The number of amides is 1. The normalized spacial score (nSPS) is 11.6. The summed E-state index contributed by atoms with van der Waals surface area (Å²) >= 11 is 1.47. The standard InChI is InChI=1S/C20H24N4O4S2/c1-5-30(27,28)24-15-7-6-14(10-11(15)2)21-17(25)9-8-16-22-19(26)18-12(3)13(4)29-20(18)23-16/h6-7,10,24H,5,8-9H2,1-4H3,(H,21,25)(H,22,23,26). The maximum Gasteiger partial charge on any atom is 0.259 e. The van der Waals surface area contributed by atoms with Gasteiger partial charge in [-0.05, 0) is 57.0 Å². The number of aromatic nitrogens is 2. The predicted octanol–water partition coefficient (Wildman–Crippen LogP) is 3.24. The van der Waals surface area contributed by atoms with Crippen molar-refractivity contribution in [2.75, 3.05) is 15.8 Å². The molecule has 0 spiro atoms. The van der Waals surface area contributed by atoms with Crippen molar-refractivity contribution in [1.29, 1.82) is 0 Å². The van der Waals surface area contributed by atoms with Crippen LogP contribution in [-0.2, 0) is 21.2 Å². The predicted molar refractivity (Wildman–Crippen MR) is 121 cm³/mol. The van der Waals surface area contributed by atoms with Crippen molar-refractivity contribution in [1.82, 2.24) is 9.97 Å². The average molecular weight is 449 g/mol. The van der Waals surface area contributed by atoms with E-state index in [9.17, 15) is 18.0 Å². The zero-order valence-electron chi connectivity index (χ0n) is 17.3. The van der Waals surface area contributed by atoms with Gasteiger partial charge in [0.2, 0.25) is 15.9 Å². The van der Waals surface area contributed by atoms with Gasteiger partial charge in [-0.1, -0.05) is 0 Å². The minimum absolute atomic E-state index is 0.0164. The highest BCUT2D eigenvalue weighted by atomic mass is 32.2. The van der Waals surface area contributed by atoms with Crippen molar-refractivity contribution in [3.63, 3.8) is 0 Å². The minimum Gasteiger partial charge on any atom is -0.326 e. The van der Waals surface area contributed by atoms with Crippen molar-refractivity contribution < 1.29 is 13.2 Å². The van der Waals surface area contributed by atoms with Crippen molar-refractivity contribution in [2.45, 2.75) is 40.5 Å². The Morgan fingerprint density at radius 2 is 1.97 bits per heavy atom. The Labute approximate surface area is 178 Å². The number of hydrogen-bond acceptors (Lipinski definition) is 6. The summed E-state index contributed by atoms with van der Waals surface area (Å²) in [4.78, 5) is 33.6. The number of anilines is 2. The van der Waals surface area contributed by atoms with Crippen LogP contribution in [-0.4, -0.2) is 30.0 Å². The third kappa shape index (κ3) is 4.88. The number of aromatic amines is 1. The van der Waals surface area contributed by atoms with Gasteiger partial charge in [0.15, 0.2) is 0 Å².